The van der Waals surface area contributed by atoms with Crippen molar-refractivity contribution < 1.29 is 4.79 Å². The van der Waals surface area contributed by atoms with Crippen molar-refractivity contribution >= 4 is 33.1 Å². The van der Waals surface area contributed by atoms with Gasteiger partial charge in [0.15, 0.2) is 0 Å². The Kier molecular flexibility index (Phi) is 4.20. The number of anilines is 1. The highest BCUT2D eigenvalue weighted by molar-refractivity contribution is 7.16. The van der Waals surface area contributed by atoms with Crippen LogP contribution < -0.4 is 5.32 Å². The van der Waals surface area contributed by atoms with Gasteiger partial charge in [-0.3, -0.25) is 4.79 Å². The highest BCUT2D eigenvalue weighted by Gasteiger charge is 2.09. The molecule has 0 aliphatic carbocycles. The lowest BCUT2D eigenvalue weighted by Crippen LogP contribution is -2.11. The Morgan fingerprint density at radius 3 is 2.73 bits per heavy atom. The standard InChI is InChI=1S/C18H18N2OS/c1-3-12(2)13-4-7-15(8-5-13)20-18(21)14-6-9-16-17(10-14)22-11-19-16/h4-12H,3H2,1-2H3,(H,20,21)/t12-/m1/s1. The van der Waals surface area contributed by atoms with E-state index in [1.165, 1.54) is 5.56 Å². The van der Waals surface area contributed by atoms with Crippen LogP contribution in [0.15, 0.2) is 48.0 Å². The molecule has 1 atom stereocenters. The minimum Gasteiger partial charge on any atom is -0.322 e. The third kappa shape index (κ3) is 3.02. The Morgan fingerprint density at radius 1 is 1.23 bits per heavy atom. The normalized spacial score (nSPS) is 12.3. The van der Waals surface area contributed by atoms with Crippen LogP contribution in [-0.4, -0.2) is 10.9 Å². The van der Waals surface area contributed by atoms with Crippen LogP contribution in [0.25, 0.3) is 10.2 Å². The molecule has 0 saturated carbocycles. The van der Waals surface area contributed by atoms with Gasteiger partial charge in [-0.25, -0.2) is 4.98 Å². The molecular weight excluding hydrogens is 292 g/mol. The third-order valence-corrected chi connectivity index (χ3v) is 4.74. The molecule has 0 bridgehead atoms. The molecule has 1 N–H and O–H groups in total. The number of amides is 1. The SMILES string of the molecule is CC[C@@H](C)c1ccc(NC(=O)c2ccc3ncsc3c2)cc1. The Balaban J connectivity index is 1.75. The van der Waals surface area contributed by atoms with Crippen molar-refractivity contribution in [1.82, 2.24) is 4.98 Å². The molecule has 1 heterocycles. The molecule has 2 aromatic carbocycles. The number of nitrogens with one attached hydrogen (secondary N) is 1. The third-order valence-electron chi connectivity index (χ3n) is 3.94. The summed E-state index contributed by atoms with van der Waals surface area (Å²) in [5.41, 5.74) is 5.50. The van der Waals surface area contributed by atoms with E-state index in [9.17, 15) is 4.79 Å². The zero-order valence-corrected chi connectivity index (χ0v) is 13.5. The molecule has 1 aromatic heterocycles. The van der Waals surface area contributed by atoms with Gasteiger partial charge in [0, 0.05) is 11.3 Å². The van der Waals surface area contributed by atoms with Crippen molar-refractivity contribution in [1.29, 1.82) is 0 Å². The Hall–Kier alpha value is -2.20. The molecule has 0 aliphatic rings. The largest absolute Gasteiger partial charge is 0.322 e. The van der Waals surface area contributed by atoms with E-state index in [0.717, 1.165) is 22.3 Å². The zero-order chi connectivity index (χ0) is 15.5. The number of rotatable bonds is 4. The van der Waals surface area contributed by atoms with Crippen molar-refractivity contribution in [2.45, 2.75) is 26.2 Å². The molecule has 0 saturated heterocycles. The molecule has 0 unspecified atom stereocenters. The summed E-state index contributed by atoms with van der Waals surface area (Å²) >= 11 is 1.54. The van der Waals surface area contributed by atoms with Crippen molar-refractivity contribution in [3.05, 3.63) is 59.1 Å². The molecule has 0 aliphatic heterocycles. The second kappa shape index (κ2) is 6.28. The zero-order valence-electron chi connectivity index (χ0n) is 12.7. The molecule has 0 spiro atoms. The van der Waals surface area contributed by atoms with Crippen molar-refractivity contribution in [3.8, 4) is 0 Å². The number of carbonyl (C=O) groups excluding carboxylic acids is 1. The van der Waals surface area contributed by atoms with E-state index in [4.69, 9.17) is 0 Å². The molecule has 4 heteroatoms. The molecular formula is C18H18N2OS. The van der Waals surface area contributed by atoms with Gasteiger partial charge in [0.05, 0.1) is 15.7 Å². The quantitative estimate of drug-likeness (QED) is 0.731. The number of benzene rings is 2. The molecule has 3 nitrogen and oxygen atoms in total. The van der Waals surface area contributed by atoms with E-state index in [1.807, 2.05) is 30.3 Å². The van der Waals surface area contributed by atoms with Crippen LogP contribution in [-0.2, 0) is 0 Å². The average molecular weight is 310 g/mol. The Morgan fingerprint density at radius 2 is 2.00 bits per heavy atom. The molecule has 22 heavy (non-hydrogen) atoms. The summed E-state index contributed by atoms with van der Waals surface area (Å²) in [7, 11) is 0. The molecule has 112 valence electrons. The first kappa shape index (κ1) is 14.7. The number of hydrogen-bond donors (Lipinski definition) is 1. The van der Waals surface area contributed by atoms with Gasteiger partial charge in [-0.15, -0.1) is 11.3 Å². The first-order valence-corrected chi connectivity index (χ1v) is 8.30. The highest BCUT2D eigenvalue weighted by Crippen LogP contribution is 2.22. The van der Waals surface area contributed by atoms with E-state index in [1.54, 1.807) is 16.8 Å². The maximum absolute atomic E-state index is 12.3. The number of hydrogen-bond acceptors (Lipinski definition) is 3. The van der Waals surface area contributed by atoms with Crippen LogP contribution in [0.3, 0.4) is 0 Å². The van der Waals surface area contributed by atoms with Crippen molar-refractivity contribution in [2.24, 2.45) is 0 Å². The van der Waals surface area contributed by atoms with Crippen LogP contribution in [0.4, 0.5) is 5.69 Å². The van der Waals surface area contributed by atoms with Crippen molar-refractivity contribution in [2.75, 3.05) is 5.32 Å². The maximum atomic E-state index is 12.3. The number of thiazole rings is 1. The van der Waals surface area contributed by atoms with Crippen LogP contribution in [0.2, 0.25) is 0 Å². The van der Waals surface area contributed by atoms with Gasteiger partial charge in [0.1, 0.15) is 0 Å². The van der Waals surface area contributed by atoms with Gasteiger partial charge in [-0.1, -0.05) is 26.0 Å². The molecule has 0 fully saturated rings. The fourth-order valence-electron chi connectivity index (χ4n) is 2.33. The van der Waals surface area contributed by atoms with E-state index in [0.29, 0.717) is 11.5 Å². The molecule has 3 rings (SSSR count). The Bertz CT molecular complexity index is 792. The fourth-order valence-corrected chi connectivity index (χ4v) is 3.05. The second-order valence-corrected chi connectivity index (χ2v) is 6.31. The maximum Gasteiger partial charge on any atom is 0.255 e. The summed E-state index contributed by atoms with van der Waals surface area (Å²) in [5.74, 6) is 0.449. The predicted octanol–water partition coefficient (Wildman–Crippen LogP) is 5.06. The van der Waals surface area contributed by atoms with E-state index >= 15 is 0 Å². The number of aromatic nitrogens is 1. The van der Waals surface area contributed by atoms with Gasteiger partial charge in [0.25, 0.3) is 5.91 Å². The summed E-state index contributed by atoms with van der Waals surface area (Å²) < 4.78 is 1.03. The second-order valence-electron chi connectivity index (χ2n) is 5.42. The van der Waals surface area contributed by atoms with Gasteiger partial charge < -0.3 is 5.32 Å². The lowest BCUT2D eigenvalue weighted by Gasteiger charge is -2.10. The van der Waals surface area contributed by atoms with Crippen molar-refractivity contribution in [3.63, 3.8) is 0 Å². The minimum absolute atomic E-state index is 0.0911. The monoisotopic (exact) mass is 310 g/mol. The highest BCUT2D eigenvalue weighted by atomic mass is 32.1. The summed E-state index contributed by atoms with van der Waals surface area (Å²) in [6.45, 7) is 4.38. The topological polar surface area (TPSA) is 42.0 Å². The lowest BCUT2D eigenvalue weighted by atomic mass is 9.98. The summed E-state index contributed by atoms with van der Waals surface area (Å²) in [4.78, 5) is 16.6. The van der Waals surface area contributed by atoms with Crippen LogP contribution >= 0.6 is 11.3 Å². The van der Waals surface area contributed by atoms with Crippen LogP contribution in [0.1, 0.15) is 42.1 Å². The lowest BCUT2D eigenvalue weighted by molar-refractivity contribution is 0.102. The molecule has 3 aromatic rings. The van der Waals surface area contributed by atoms with E-state index in [2.05, 4.69) is 36.3 Å². The van der Waals surface area contributed by atoms with E-state index in [-0.39, 0.29) is 5.91 Å². The number of nitrogens with zero attached hydrogens (tertiary/aromatic N) is 1. The average Bonchev–Trinajstić information content (AvgIpc) is 3.02. The Labute approximate surface area is 134 Å². The molecule has 0 radical (unpaired) electrons. The minimum atomic E-state index is -0.0911. The number of fused-ring (bicyclic) bond motifs is 1. The fraction of sp³-hybridized carbons (Fsp3) is 0.222. The summed E-state index contributed by atoms with van der Waals surface area (Å²) in [6, 6.07) is 13.7. The summed E-state index contributed by atoms with van der Waals surface area (Å²) in [5, 5.41) is 2.94. The summed E-state index contributed by atoms with van der Waals surface area (Å²) in [6.07, 6.45) is 1.11. The van der Waals surface area contributed by atoms with Crippen LogP contribution in [0, 0.1) is 0 Å². The van der Waals surface area contributed by atoms with Gasteiger partial charge in [-0.2, -0.15) is 0 Å². The van der Waals surface area contributed by atoms with E-state index < -0.39 is 0 Å². The molecule has 1 amide bonds. The number of carbonyl (C=O) groups is 1. The first-order chi connectivity index (χ1) is 10.7. The van der Waals surface area contributed by atoms with Gasteiger partial charge in [-0.05, 0) is 48.2 Å². The first-order valence-electron chi connectivity index (χ1n) is 7.42. The van der Waals surface area contributed by atoms with Gasteiger partial charge >= 0.3 is 0 Å². The van der Waals surface area contributed by atoms with Gasteiger partial charge in [0.2, 0.25) is 0 Å². The van der Waals surface area contributed by atoms with Crippen LogP contribution in [0.5, 0.6) is 0 Å². The predicted molar refractivity (Wildman–Crippen MR) is 92.7 cm³/mol. The smallest absolute Gasteiger partial charge is 0.255 e.